The number of rotatable bonds is 5. The fourth-order valence-electron chi connectivity index (χ4n) is 3.04. The van der Waals surface area contributed by atoms with Gasteiger partial charge in [0.25, 0.3) is 0 Å². The van der Waals surface area contributed by atoms with Crippen LogP contribution in [0.1, 0.15) is 47.0 Å². The van der Waals surface area contributed by atoms with E-state index in [1.54, 1.807) is 0 Å². The molecule has 0 saturated heterocycles. The van der Waals surface area contributed by atoms with E-state index in [2.05, 4.69) is 26.1 Å². The van der Waals surface area contributed by atoms with E-state index in [-0.39, 0.29) is 18.4 Å². The maximum Gasteiger partial charge on any atom is 0.325 e. The van der Waals surface area contributed by atoms with Crippen molar-refractivity contribution in [3.05, 3.63) is 0 Å². The van der Waals surface area contributed by atoms with Gasteiger partial charge in [-0.3, -0.25) is 9.59 Å². The van der Waals surface area contributed by atoms with Crippen LogP contribution in [-0.4, -0.2) is 25.0 Å². The minimum atomic E-state index is -0.337. The van der Waals surface area contributed by atoms with Crippen molar-refractivity contribution < 1.29 is 14.3 Å². The van der Waals surface area contributed by atoms with E-state index in [9.17, 15) is 9.59 Å². The first-order chi connectivity index (χ1) is 8.90. The van der Waals surface area contributed by atoms with Gasteiger partial charge in [-0.05, 0) is 36.5 Å². The molecule has 4 nitrogen and oxygen atoms in total. The van der Waals surface area contributed by atoms with E-state index in [1.165, 1.54) is 19.8 Å². The fraction of sp³-hybridized carbons (Fsp3) is 0.867. The first kappa shape index (κ1) is 16.0. The average molecular weight is 269 g/mol. The van der Waals surface area contributed by atoms with Crippen LogP contribution in [0.3, 0.4) is 0 Å². The molecule has 1 N–H and O–H groups in total. The van der Waals surface area contributed by atoms with Gasteiger partial charge in [0.15, 0.2) is 0 Å². The molecule has 0 aromatic heterocycles. The molecule has 3 unspecified atom stereocenters. The topological polar surface area (TPSA) is 55.4 Å². The van der Waals surface area contributed by atoms with Crippen LogP contribution in [0.2, 0.25) is 0 Å². The third-order valence-electron chi connectivity index (χ3n) is 4.10. The number of nitrogens with one attached hydrogen (secondary N) is 1. The van der Waals surface area contributed by atoms with Crippen molar-refractivity contribution in [1.29, 1.82) is 0 Å². The number of hydrogen-bond donors (Lipinski definition) is 1. The smallest absolute Gasteiger partial charge is 0.325 e. The van der Waals surface area contributed by atoms with Gasteiger partial charge in [0, 0.05) is 6.92 Å². The summed E-state index contributed by atoms with van der Waals surface area (Å²) in [5.41, 5.74) is 0. The highest BCUT2D eigenvalue weighted by Crippen LogP contribution is 2.38. The predicted octanol–water partition coefficient (Wildman–Crippen LogP) is 2.37. The van der Waals surface area contributed by atoms with Crippen LogP contribution in [0.25, 0.3) is 0 Å². The van der Waals surface area contributed by atoms with Crippen molar-refractivity contribution >= 4 is 11.9 Å². The van der Waals surface area contributed by atoms with Gasteiger partial charge in [0.1, 0.15) is 6.54 Å². The molecule has 1 saturated carbocycles. The van der Waals surface area contributed by atoms with Crippen LogP contribution in [0, 0.1) is 23.7 Å². The molecule has 1 aliphatic carbocycles. The van der Waals surface area contributed by atoms with Crippen molar-refractivity contribution in [3.8, 4) is 0 Å². The molecule has 1 fully saturated rings. The lowest BCUT2D eigenvalue weighted by molar-refractivity contribution is -0.146. The second-order valence-corrected chi connectivity index (χ2v) is 6.18. The number of amides is 1. The van der Waals surface area contributed by atoms with E-state index in [0.717, 1.165) is 6.42 Å². The maximum absolute atomic E-state index is 11.5. The van der Waals surface area contributed by atoms with Crippen LogP contribution in [0.5, 0.6) is 0 Å². The summed E-state index contributed by atoms with van der Waals surface area (Å²) in [7, 11) is 0. The molecule has 0 bridgehead atoms. The van der Waals surface area contributed by atoms with Gasteiger partial charge in [-0.15, -0.1) is 0 Å². The van der Waals surface area contributed by atoms with Gasteiger partial charge in [-0.1, -0.05) is 27.2 Å². The lowest BCUT2D eigenvalue weighted by Crippen LogP contribution is -2.34. The van der Waals surface area contributed by atoms with Gasteiger partial charge in [-0.2, -0.15) is 0 Å². The molecular weight excluding hydrogens is 242 g/mol. The van der Waals surface area contributed by atoms with E-state index in [4.69, 9.17) is 4.74 Å². The molecule has 19 heavy (non-hydrogen) atoms. The monoisotopic (exact) mass is 269 g/mol. The number of esters is 1. The third-order valence-corrected chi connectivity index (χ3v) is 4.10. The minimum Gasteiger partial charge on any atom is -0.464 e. The summed E-state index contributed by atoms with van der Waals surface area (Å²) in [6.07, 6.45) is 3.64. The predicted molar refractivity (Wildman–Crippen MR) is 74.5 cm³/mol. The van der Waals surface area contributed by atoms with Crippen molar-refractivity contribution in [2.75, 3.05) is 13.2 Å². The lowest BCUT2D eigenvalue weighted by atomic mass is 9.70. The molecule has 110 valence electrons. The number of carbonyl (C=O) groups is 2. The molecule has 4 heteroatoms. The number of carbonyl (C=O) groups excluding carboxylic acids is 2. The highest BCUT2D eigenvalue weighted by Gasteiger charge is 2.31. The van der Waals surface area contributed by atoms with Crippen molar-refractivity contribution in [1.82, 2.24) is 5.32 Å². The van der Waals surface area contributed by atoms with E-state index in [0.29, 0.717) is 30.3 Å². The molecule has 1 aliphatic rings. The number of ether oxygens (including phenoxy) is 1. The van der Waals surface area contributed by atoms with Crippen molar-refractivity contribution in [2.45, 2.75) is 47.0 Å². The van der Waals surface area contributed by atoms with Crippen molar-refractivity contribution in [3.63, 3.8) is 0 Å². The Balaban J connectivity index is 2.39. The first-order valence-electron chi connectivity index (χ1n) is 7.30. The molecule has 0 aromatic rings. The minimum absolute atomic E-state index is 0.0239. The second-order valence-electron chi connectivity index (χ2n) is 6.18. The quantitative estimate of drug-likeness (QED) is 0.780. The van der Waals surface area contributed by atoms with Crippen molar-refractivity contribution in [2.24, 2.45) is 23.7 Å². The molecule has 1 amide bonds. The lowest BCUT2D eigenvalue weighted by Gasteiger charge is -2.37. The van der Waals surface area contributed by atoms with Gasteiger partial charge in [0.2, 0.25) is 5.91 Å². The van der Waals surface area contributed by atoms with Gasteiger partial charge in [0.05, 0.1) is 6.61 Å². The van der Waals surface area contributed by atoms with Gasteiger partial charge >= 0.3 is 5.97 Å². The van der Waals surface area contributed by atoms with Gasteiger partial charge < -0.3 is 10.1 Å². The zero-order chi connectivity index (χ0) is 14.4. The standard InChI is InChI=1S/C15H27NO3/c1-10(2)14-6-5-11(3)7-13(14)9-19-15(18)8-16-12(4)17/h10-11,13-14H,5-9H2,1-4H3,(H,16,17). The molecule has 0 heterocycles. The molecule has 0 aromatic carbocycles. The van der Waals surface area contributed by atoms with E-state index >= 15 is 0 Å². The van der Waals surface area contributed by atoms with E-state index < -0.39 is 0 Å². The third kappa shape index (κ3) is 5.62. The zero-order valence-corrected chi connectivity index (χ0v) is 12.6. The SMILES string of the molecule is CC(=O)NCC(=O)OCC1CC(C)CCC1C(C)C. The Hall–Kier alpha value is -1.06. The fourth-order valence-corrected chi connectivity index (χ4v) is 3.04. The molecule has 0 spiro atoms. The molecule has 0 radical (unpaired) electrons. The summed E-state index contributed by atoms with van der Waals surface area (Å²) >= 11 is 0. The Bertz CT molecular complexity index is 315. The van der Waals surface area contributed by atoms with E-state index in [1.807, 2.05) is 0 Å². The Morgan fingerprint density at radius 1 is 1.32 bits per heavy atom. The molecule has 3 atom stereocenters. The largest absolute Gasteiger partial charge is 0.464 e. The van der Waals surface area contributed by atoms with Crippen LogP contribution < -0.4 is 5.32 Å². The summed E-state index contributed by atoms with van der Waals surface area (Å²) in [6, 6.07) is 0. The summed E-state index contributed by atoms with van der Waals surface area (Å²) in [5, 5.41) is 2.46. The van der Waals surface area contributed by atoms with Gasteiger partial charge in [-0.25, -0.2) is 0 Å². The summed E-state index contributed by atoms with van der Waals surface area (Å²) in [6.45, 7) is 8.61. The molecule has 1 rings (SSSR count). The highest BCUT2D eigenvalue weighted by molar-refractivity contribution is 5.80. The Morgan fingerprint density at radius 2 is 2.00 bits per heavy atom. The Kier molecular flexibility index (Phi) is 6.32. The normalized spacial score (nSPS) is 27.1. The zero-order valence-electron chi connectivity index (χ0n) is 12.6. The average Bonchev–Trinajstić information content (AvgIpc) is 2.33. The Morgan fingerprint density at radius 3 is 2.58 bits per heavy atom. The summed E-state index contributed by atoms with van der Waals surface area (Å²) in [4.78, 5) is 22.2. The highest BCUT2D eigenvalue weighted by atomic mass is 16.5. The van der Waals surface area contributed by atoms with Crippen LogP contribution in [-0.2, 0) is 14.3 Å². The maximum atomic E-state index is 11.5. The first-order valence-corrected chi connectivity index (χ1v) is 7.30. The van der Waals surface area contributed by atoms with Crippen LogP contribution in [0.4, 0.5) is 0 Å². The summed E-state index contributed by atoms with van der Waals surface area (Å²) in [5.74, 6) is 1.91. The second kappa shape index (κ2) is 7.51. The molecular formula is C15H27NO3. The Labute approximate surface area is 116 Å². The van der Waals surface area contributed by atoms with Crippen LogP contribution in [0.15, 0.2) is 0 Å². The molecule has 0 aliphatic heterocycles. The number of hydrogen-bond acceptors (Lipinski definition) is 3. The summed E-state index contributed by atoms with van der Waals surface area (Å²) < 4.78 is 5.31. The van der Waals surface area contributed by atoms with Crippen LogP contribution >= 0.6 is 0 Å².